The summed E-state index contributed by atoms with van der Waals surface area (Å²) >= 11 is 5.91. The number of pyridine rings is 1. The lowest BCUT2D eigenvalue weighted by atomic mass is 10.2. The minimum Gasteiger partial charge on any atom is -0.464 e. The lowest BCUT2D eigenvalue weighted by Gasteiger charge is -2.11. The molecule has 1 fully saturated rings. The average molecular weight is 314 g/mol. The van der Waals surface area contributed by atoms with E-state index in [9.17, 15) is 14.4 Å². The zero-order chi connectivity index (χ0) is 15.4. The van der Waals surface area contributed by atoms with Gasteiger partial charge in [-0.05, 0) is 6.07 Å². The van der Waals surface area contributed by atoms with E-state index >= 15 is 0 Å². The number of amides is 3. The minimum atomic E-state index is -0.811. The second-order valence-electron chi connectivity index (χ2n) is 4.15. The van der Waals surface area contributed by atoms with Gasteiger partial charge in [0.1, 0.15) is 6.04 Å². The quantitative estimate of drug-likeness (QED) is 0.448. The SMILES string of the molecule is NC(=O)NNc1ncc(C(=O)NC2CCOC2=O)cc1Cl. The molecule has 0 spiro atoms. The van der Waals surface area contributed by atoms with Crippen LogP contribution in [0.15, 0.2) is 12.3 Å². The summed E-state index contributed by atoms with van der Waals surface area (Å²) in [5.41, 5.74) is 9.53. The molecule has 1 aliphatic heterocycles. The number of nitrogens with zero attached hydrogens (tertiary/aromatic N) is 1. The molecule has 9 nitrogen and oxygen atoms in total. The van der Waals surface area contributed by atoms with Crippen LogP contribution < -0.4 is 21.9 Å². The van der Waals surface area contributed by atoms with Gasteiger partial charge in [-0.1, -0.05) is 11.6 Å². The number of halogens is 1. The van der Waals surface area contributed by atoms with Gasteiger partial charge >= 0.3 is 12.0 Å². The molecule has 2 heterocycles. The van der Waals surface area contributed by atoms with Crippen LogP contribution >= 0.6 is 11.6 Å². The van der Waals surface area contributed by atoms with Crippen molar-refractivity contribution in [2.24, 2.45) is 5.73 Å². The van der Waals surface area contributed by atoms with Gasteiger partial charge in [0.05, 0.1) is 17.2 Å². The van der Waals surface area contributed by atoms with Crippen LogP contribution in [0.3, 0.4) is 0 Å². The number of carbonyl (C=O) groups excluding carboxylic acids is 3. The summed E-state index contributed by atoms with van der Waals surface area (Å²) in [7, 11) is 0. The number of carbonyl (C=O) groups is 3. The number of urea groups is 1. The van der Waals surface area contributed by atoms with E-state index in [4.69, 9.17) is 22.1 Å². The zero-order valence-corrected chi connectivity index (χ0v) is 11.4. The Morgan fingerprint density at radius 2 is 2.24 bits per heavy atom. The van der Waals surface area contributed by atoms with E-state index in [0.29, 0.717) is 6.42 Å². The van der Waals surface area contributed by atoms with Crippen molar-refractivity contribution in [2.45, 2.75) is 12.5 Å². The third kappa shape index (κ3) is 3.72. The van der Waals surface area contributed by atoms with Crippen molar-refractivity contribution < 1.29 is 19.1 Å². The summed E-state index contributed by atoms with van der Waals surface area (Å²) in [6, 6.07) is -0.130. The average Bonchev–Trinajstić information content (AvgIpc) is 2.82. The Hall–Kier alpha value is -2.55. The molecule has 1 aromatic rings. The predicted molar refractivity (Wildman–Crippen MR) is 72.4 cm³/mol. The van der Waals surface area contributed by atoms with Crippen molar-refractivity contribution in [3.63, 3.8) is 0 Å². The van der Waals surface area contributed by atoms with Crippen LogP contribution in [0.25, 0.3) is 0 Å². The topological polar surface area (TPSA) is 135 Å². The van der Waals surface area contributed by atoms with Crippen molar-refractivity contribution in [3.8, 4) is 0 Å². The molecule has 3 amide bonds. The van der Waals surface area contributed by atoms with Gasteiger partial charge < -0.3 is 15.8 Å². The van der Waals surface area contributed by atoms with Gasteiger partial charge in [0.2, 0.25) is 0 Å². The third-order valence-corrected chi connectivity index (χ3v) is 2.94. The van der Waals surface area contributed by atoms with Crippen molar-refractivity contribution in [1.29, 1.82) is 0 Å². The smallest absolute Gasteiger partial charge is 0.330 e. The van der Waals surface area contributed by atoms with Crippen LogP contribution in [-0.2, 0) is 9.53 Å². The van der Waals surface area contributed by atoms with Gasteiger partial charge in [0.15, 0.2) is 5.82 Å². The van der Waals surface area contributed by atoms with Crippen LogP contribution in [-0.4, -0.2) is 35.5 Å². The van der Waals surface area contributed by atoms with E-state index in [1.54, 1.807) is 0 Å². The first-order chi connectivity index (χ1) is 9.97. The molecular formula is C11H12ClN5O4. The lowest BCUT2D eigenvalue weighted by molar-refractivity contribution is -0.139. The molecule has 1 aliphatic rings. The van der Waals surface area contributed by atoms with Gasteiger partial charge in [-0.15, -0.1) is 0 Å². The monoisotopic (exact) mass is 313 g/mol. The number of hydrogen-bond donors (Lipinski definition) is 4. The number of cyclic esters (lactones) is 1. The fraction of sp³-hybridized carbons (Fsp3) is 0.273. The van der Waals surface area contributed by atoms with Crippen LogP contribution in [0.5, 0.6) is 0 Å². The first kappa shape index (κ1) is 14.9. The van der Waals surface area contributed by atoms with Gasteiger partial charge in [0, 0.05) is 12.6 Å². The molecule has 0 radical (unpaired) electrons. The Labute approximate surface area is 124 Å². The summed E-state index contributed by atoms with van der Waals surface area (Å²) in [5.74, 6) is -0.832. The van der Waals surface area contributed by atoms with Gasteiger partial charge in [-0.25, -0.2) is 14.6 Å². The fourth-order valence-corrected chi connectivity index (χ4v) is 1.86. The maximum absolute atomic E-state index is 11.9. The number of rotatable bonds is 4. The zero-order valence-electron chi connectivity index (χ0n) is 10.7. The fourth-order valence-electron chi connectivity index (χ4n) is 1.64. The highest BCUT2D eigenvalue weighted by atomic mass is 35.5. The summed E-state index contributed by atoms with van der Waals surface area (Å²) in [5, 5.41) is 2.62. The number of hydrazine groups is 1. The number of primary amides is 1. The molecule has 1 aromatic heterocycles. The Morgan fingerprint density at radius 1 is 1.48 bits per heavy atom. The Balaban J connectivity index is 2.03. The van der Waals surface area contributed by atoms with Crippen molar-refractivity contribution >= 4 is 35.3 Å². The lowest BCUT2D eigenvalue weighted by Crippen LogP contribution is -2.38. The molecule has 5 N–H and O–H groups in total. The maximum Gasteiger partial charge on any atom is 0.330 e. The molecule has 0 aromatic carbocycles. The summed E-state index contributed by atoms with van der Waals surface area (Å²) in [6.07, 6.45) is 1.67. The van der Waals surface area contributed by atoms with Crippen molar-refractivity contribution in [2.75, 3.05) is 12.0 Å². The number of esters is 1. The molecule has 0 saturated carbocycles. The third-order valence-electron chi connectivity index (χ3n) is 2.65. The highest BCUT2D eigenvalue weighted by Gasteiger charge is 2.28. The molecule has 112 valence electrons. The highest BCUT2D eigenvalue weighted by Crippen LogP contribution is 2.19. The largest absolute Gasteiger partial charge is 0.464 e. The second kappa shape index (κ2) is 6.27. The second-order valence-corrected chi connectivity index (χ2v) is 4.56. The van der Waals surface area contributed by atoms with Crippen LogP contribution in [0.2, 0.25) is 5.02 Å². The van der Waals surface area contributed by atoms with E-state index in [0.717, 1.165) is 0 Å². The standard InChI is InChI=1S/C11H12ClN5O4/c12-6-3-5(4-14-8(6)16-17-11(13)20)9(18)15-7-1-2-21-10(7)19/h3-4,7H,1-2H2,(H,14,16)(H,15,18)(H3,13,17,20). The molecular weight excluding hydrogens is 302 g/mol. The first-order valence-corrected chi connectivity index (χ1v) is 6.29. The van der Waals surface area contributed by atoms with Crippen molar-refractivity contribution in [3.05, 3.63) is 22.8 Å². The first-order valence-electron chi connectivity index (χ1n) is 5.92. The number of hydrogen-bond acceptors (Lipinski definition) is 6. The highest BCUT2D eigenvalue weighted by molar-refractivity contribution is 6.33. The number of anilines is 1. The van der Waals surface area contributed by atoms with E-state index in [2.05, 4.69) is 21.2 Å². The van der Waals surface area contributed by atoms with E-state index in [1.807, 2.05) is 0 Å². The normalized spacial score (nSPS) is 17.0. The van der Waals surface area contributed by atoms with E-state index in [1.165, 1.54) is 12.3 Å². The molecule has 2 rings (SSSR count). The van der Waals surface area contributed by atoms with Crippen molar-refractivity contribution in [1.82, 2.24) is 15.7 Å². The molecule has 1 saturated heterocycles. The van der Waals surface area contributed by atoms with Crippen LogP contribution in [0.1, 0.15) is 16.8 Å². The minimum absolute atomic E-state index is 0.102. The molecule has 1 unspecified atom stereocenters. The number of ether oxygens (including phenoxy) is 1. The van der Waals surface area contributed by atoms with Gasteiger partial charge in [-0.2, -0.15) is 0 Å². The van der Waals surface area contributed by atoms with E-state index in [-0.39, 0.29) is 23.0 Å². The van der Waals surface area contributed by atoms with Gasteiger partial charge in [-0.3, -0.25) is 15.6 Å². The Morgan fingerprint density at radius 3 is 2.81 bits per heavy atom. The molecule has 1 atom stereocenters. The van der Waals surface area contributed by atoms with Crippen LogP contribution in [0, 0.1) is 0 Å². The Kier molecular flexibility index (Phi) is 4.43. The summed E-state index contributed by atoms with van der Waals surface area (Å²) < 4.78 is 4.74. The predicted octanol–water partition coefficient (Wildman–Crippen LogP) is -0.224. The Bertz CT molecular complexity index is 594. The molecule has 0 aliphatic carbocycles. The number of nitrogens with two attached hydrogens (primary N) is 1. The summed E-state index contributed by atoms with van der Waals surface area (Å²) in [6.45, 7) is 0.282. The van der Waals surface area contributed by atoms with Gasteiger partial charge in [0.25, 0.3) is 5.91 Å². The number of aromatic nitrogens is 1. The van der Waals surface area contributed by atoms with E-state index < -0.39 is 23.9 Å². The number of nitrogens with one attached hydrogen (secondary N) is 3. The molecule has 0 bridgehead atoms. The summed E-state index contributed by atoms with van der Waals surface area (Å²) in [4.78, 5) is 37.6. The van der Waals surface area contributed by atoms with Crippen LogP contribution in [0.4, 0.5) is 10.6 Å². The molecule has 10 heteroatoms. The molecule has 21 heavy (non-hydrogen) atoms. The maximum atomic E-state index is 11.9.